The third-order valence-corrected chi connectivity index (χ3v) is 6.01. The van der Waals surface area contributed by atoms with Gasteiger partial charge in [0, 0.05) is 0 Å². The molecule has 0 saturated carbocycles. The molecule has 2 aromatic rings. The van der Waals surface area contributed by atoms with E-state index in [-0.39, 0.29) is 11.3 Å². The van der Waals surface area contributed by atoms with Crippen LogP contribution in [0.3, 0.4) is 0 Å². The van der Waals surface area contributed by atoms with E-state index in [0.29, 0.717) is 11.4 Å². The van der Waals surface area contributed by atoms with Gasteiger partial charge < -0.3 is 10.2 Å². The highest BCUT2D eigenvalue weighted by atomic mass is 16.4. The number of phenols is 1. The summed E-state index contributed by atoms with van der Waals surface area (Å²) in [5.74, 6) is -0.813. The molecule has 0 amide bonds. The van der Waals surface area contributed by atoms with Gasteiger partial charge in [0.15, 0.2) is 0 Å². The summed E-state index contributed by atoms with van der Waals surface area (Å²) in [6, 6.07) is 11.6. The fourth-order valence-corrected chi connectivity index (χ4v) is 4.05. The van der Waals surface area contributed by atoms with Gasteiger partial charge in [-0.1, -0.05) is 96.1 Å². The van der Waals surface area contributed by atoms with Gasteiger partial charge in [-0.25, -0.2) is 4.79 Å². The maximum Gasteiger partial charge on any atom is 0.337 e. The number of hydrogen-bond acceptors (Lipinski definition) is 4. The molecule has 0 fully saturated rings. The van der Waals surface area contributed by atoms with E-state index < -0.39 is 5.97 Å². The summed E-state index contributed by atoms with van der Waals surface area (Å²) in [5, 5.41) is 27.7. The number of aromatic carboxylic acids is 1. The van der Waals surface area contributed by atoms with Crippen molar-refractivity contribution in [1.82, 2.24) is 0 Å². The number of nitrogens with zero attached hydrogens (tertiary/aromatic N) is 2. The molecule has 5 nitrogen and oxygen atoms in total. The normalized spacial score (nSPS) is 11.3. The van der Waals surface area contributed by atoms with Crippen molar-refractivity contribution in [3.8, 4) is 5.75 Å². The molecule has 180 valence electrons. The molecule has 0 radical (unpaired) electrons. The zero-order valence-electron chi connectivity index (χ0n) is 20.1. The van der Waals surface area contributed by atoms with Crippen LogP contribution in [0.1, 0.15) is 106 Å². The first kappa shape index (κ1) is 26.6. The molecule has 5 heteroatoms. The summed E-state index contributed by atoms with van der Waals surface area (Å²) < 4.78 is 0. The first-order valence-electron chi connectivity index (χ1n) is 12.7. The molecular weight excluding hydrogens is 412 g/mol. The Bertz CT molecular complexity index is 864. The van der Waals surface area contributed by atoms with Crippen LogP contribution in [0.25, 0.3) is 0 Å². The molecule has 0 saturated heterocycles. The number of azo groups is 1. The molecule has 2 rings (SSSR count). The zero-order valence-corrected chi connectivity index (χ0v) is 20.1. The summed E-state index contributed by atoms with van der Waals surface area (Å²) in [7, 11) is 0. The van der Waals surface area contributed by atoms with Crippen LogP contribution in [0.5, 0.6) is 5.75 Å². The van der Waals surface area contributed by atoms with Crippen LogP contribution in [-0.2, 0) is 6.42 Å². The van der Waals surface area contributed by atoms with Gasteiger partial charge >= 0.3 is 5.97 Å². The van der Waals surface area contributed by atoms with Crippen molar-refractivity contribution in [2.45, 2.75) is 96.8 Å². The van der Waals surface area contributed by atoms with Crippen LogP contribution in [0.2, 0.25) is 0 Å². The fourth-order valence-electron chi connectivity index (χ4n) is 4.05. The van der Waals surface area contributed by atoms with E-state index in [1.165, 1.54) is 76.7 Å². The number of unbranched alkanes of at least 4 members (excludes halogenated alkanes) is 12. The average Bonchev–Trinajstić information content (AvgIpc) is 2.81. The minimum Gasteiger partial charge on any atom is -0.508 e. The minimum absolute atomic E-state index is 0.123. The molecule has 0 aliphatic carbocycles. The predicted molar refractivity (Wildman–Crippen MR) is 135 cm³/mol. The lowest BCUT2D eigenvalue weighted by Crippen LogP contribution is -1.95. The lowest BCUT2D eigenvalue weighted by atomic mass is 10.0. The van der Waals surface area contributed by atoms with Crippen LogP contribution in [-0.4, -0.2) is 16.2 Å². The van der Waals surface area contributed by atoms with Gasteiger partial charge in [0.25, 0.3) is 0 Å². The number of aromatic hydroxyl groups is 1. The number of carboxylic acids is 1. The molecule has 0 heterocycles. The highest BCUT2D eigenvalue weighted by Gasteiger charge is 2.09. The summed E-state index contributed by atoms with van der Waals surface area (Å²) in [4.78, 5) is 11.4. The lowest BCUT2D eigenvalue weighted by molar-refractivity contribution is 0.0697. The largest absolute Gasteiger partial charge is 0.508 e. The molecule has 0 atom stereocenters. The van der Waals surface area contributed by atoms with Crippen LogP contribution >= 0.6 is 0 Å². The van der Waals surface area contributed by atoms with E-state index in [1.54, 1.807) is 36.4 Å². The van der Waals surface area contributed by atoms with Gasteiger partial charge in [0.1, 0.15) is 11.4 Å². The number of carboxylic acid groups (broad SMARTS) is 1. The van der Waals surface area contributed by atoms with Crippen LogP contribution < -0.4 is 0 Å². The van der Waals surface area contributed by atoms with Crippen LogP contribution in [0, 0.1) is 0 Å². The molecular formula is C28H40N2O3. The molecule has 0 unspecified atom stereocenters. The van der Waals surface area contributed by atoms with Gasteiger partial charge in [0.05, 0.1) is 11.3 Å². The van der Waals surface area contributed by atoms with E-state index in [4.69, 9.17) is 0 Å². The van der Waals surface area contributed by atoms with E-state index in [9.17, 15) is 15.0 Å². The Morgan fingerprint density at radius 1 is 0.727 bits per heavy atom. The van der Waals surface area contributed by atoms with Crippen molar-refractivity contribution in [3.63, 3.8) is 0 Å². The molecule has 0 aromatic heterocycles. The van der Waals surface area contributed by atoms with Gasteiger partial charge in [-0.3, -0.25) is 0 Å². The maximum atomic E-state index is 11.4. The Balaban J connectivity index is 1.71. The maximum absolute atomic E-state index is 11.4. The third-order valence-electron chi connectivity index (χ3n) is 6.01. The molecule has 0 spiro atoms. The number of hydrogen-bond donors (Lipinski definition) is 2. The van der Waals surface area contributed by atoms with Crippen molar-refractivity contribution in [2.24, 2.45) is 10.2 Å². The number of benzene rings is 2. The van der Waals surface area contributed by atoms with Crippen molar-refractivity contribution in [1.29, 1.82) is 0 Å². The average molecular weight is 453 g/mol. The Morgan fingerprint density at radius 3 is 1.88 bits per heavy atom. The summed E-state index contributed by atoms with van der Waals surface area (Å²) in [5.41, 5.74) is 2.06. The fraction of sp³-hybridized carbons (Fsp3) is 0.536. The first-order chi connectivity index (χ1) is 16.1. The second-order valence-electron chi connectivity index (χ2n) is 8.83. The highest BCUT2D eigenvalue weighted by molar-refractivity contribution is 5.93. The molecule has 2 N–H and O–H groups in total. The molecule has 0 bridgehead atoms. The monoisotopic (exact) mass is 452 g/mol. The summed E-state index contributed by atoms with van der Waals surface area (Å²) in [6.45, 7) is 2.26. The molecule has 2 aromatic carbocycles. The minimum atomic E-state index is -1.03. The molecule has 0 aliphatic rings. The van der Waals surface area contributed by atoms with Crippen molar-refractivity contribution < 1.29 is 15.0 Å². The van der Waals surface area contributed by atoms with Crippen LogP contribution in [0.4, 0.5) is 11.4 Å². The SMILES string of the molecule is CCCCCCCCCCCCCCCc1cc(O)ccc1N=Nc1ccccc1C(=O)O. The van der Waals surface area contributed by atoms with Gasteiger partial charge in [-0.2, -0.15) is 5.11 Å². The van der Waals surface area contributed by atoms with E-state index in [2.05, 4.69) is 17.2 Å². The topological polar surface area (TPSA) is 82.2 Å². The molecule has 0 aliphatic heterocycles. The van der Waals surface area contributed by atoms with Crippen molar-refractivity contribution in [2.75, 3.05) is 0 Å². The Morgan fingerprint density at radius 2 is 1.27 bits per heavy atom. The predicted octanol–water partition coefficient (Wildman–Crippen LogP) is 9.14. The Kier molecular flexibility index (Phi) is 12.9. The Hall–Kier alpha value is -2.69. The number of phenolic OH excluding ortho intramolecular Hbond substituents is 1. The van der Waals surface area contributed by atoms with Crippen molar-refractivity contribution in [3.05, 3.63) is 53.6 Å². The van der Waals surface area contributed by atoms with Gasteiger partial charge in [-0.05, 0) is 48.7 Å². The smallest absolute Gasteiger partial charge is 0.337 e. The summed E-state index contributed by atoms with van der Waals surface area (Å²) >= 11 is 0. The van der Waals surface area contributed by atoms with Gasteiger partial charge in [-0.15, -0.1) is 5.11 Å². The molecule has 33 heavy (non-hydrogen) atoms. The van der Waals surface area contributed by atoms with E-state index in [0.717, 1.165) is 24.8 Å². The Labute approximate surface area is 199 Å². The van der Waals surface area contributed by atoms with E-state index >= 15 is 0 Å². The van der Waals surface area contributed by atoms with E-state index in [1.807, 2.05) is 0 Å². The number of carbonyl (C=O) groups is 1. The second-order valence-corrected chi connectivity index (χ2v) is 8.83. The lowest BCUT2D eigenvalue weighted by Gasteiger charge is -2.07. The third kappa shape index (κ3) is 10.6. The summed E-state index contributed by atoms with van der Waals surface area (Å²) in [6.07, 6.45) is 17.9. The van der Waals surface area contributed by atoms with Crippen molar-refractivity contribution >= 4 is 17.3 Å². The first-order valence-corrected chi connectivity index (χ1v) is 12.7. The zero-order chi connectivity index (χ0) is 23.7. The number of rotatable bonds is 17. The standard InChI is InChI=1S/C28H40N2O3/c1-2-3-4-5-6-7-8-9-10-11-12-13-14-17-23-22-24(31)20-21-26(23)29-30-27-19-16-15-18-25(27)28(32)33/h15-16,18-22,31H,2-14,17H2,1H3,(H,32,33). The van der Waals surface area contributed by atoms with Gasteiger partial charge in [0.2, 0.25) is 0 Å². The second kappa shape index (κ2) is 16.0. The highest BCUT2D eigenvalue weighted by Crippen LogP contribution is 2.29. The van der Waals surface area contributed by atoms with Crippen LogP contribution in [0.15, 0.2) is 52.7 Å². The quantitative estimate of drug-likeness (QED) is 0.185. The number of aryl methyl sites for hydroxylation is 1.